The third-order valence-electron chi connectivity index (χ3n) is 2.97. The Hall–Kier alpha value is -1.59. The molecule has 0 aliphatic carbocycles. The third-order valence-corrected chi connectivity index (χ3v) is 2.97. The van der Waals surface area contributed by atoms with E-state index in [2.05, 4.69) is 5.32 Å². The minimum atomic E-state index is -1.98. The van der Waals surface area contributed by atoms with Crippen LogP contribution in [0.5, 0.6) is 0 Å². The standard InChI is InChI=1S/C14H17F4NO/c1-3-4-5-6-8(2)19-14(20)9-7-10(15)12(17)13(18)11(9)16/h7-8H,3-6H2,1-2H3,(H,19,20). The Kier molecular flexibility index (Phi) is 5.98. The highest BCUT2D eigenvalue weighted by molar-refractivity contribution is 5.94. The summed E-state index contributed by atoms with van der Waals surface area (Å²) in [5, 5.41) is 2.44. The first-order chi connectivity index (χ1) is 9.38. The summed E-state index contributed by atoms with van der Waals surface area (Å²) < 4.78 is 52.2. The first-order valence-corrected chi connectivity index (χ1v) is 6.52. The number of halogens is 4. The Bertz CT molecular complexity index is 491. The van der Waals surface area contributed by atoms with Gasteiger partial charge in [-0.3, -0.25) is 4.79 Å². The predicted molar refractivity (Wildman–Crippen MR) is 67.3 cm³/mol. The number of hydrogen-bond donors (Lipinski definition) is 1. The van der Waals surface area contributed by atoms with Gasteiger partial charge in [0.25, 0.3) is 5.91 Å². The van der Waals surface area contributed by atoms with Crippen LogP contribution in [0.15, 0.2) is 6.07 Å². The van der Waals surface area contributed by atoms with Gasteiger partial charge in [0.15, 0.2) is 23.3 Å². The summed E-state index contributed by atoms with van der Waals surface area (Å²) in [6.07, 6.45) is 3.57. The normalized spacial score (nSPS) is 12.3. The number of rotatable bonds is 6. The quantitative estimate of drug-likeness (QED) is 0.366. The minimum absolute atomic E-state index is 0.260. The van der Waals surface area contributed by atoms with Gasteiger partial charge >= 0.3 is 0 Å². The lowest BCUT2D eigenvalue weighted by molar-refractivity contribution is 0.0931. The summed E-state index contributed by atoms with van der Waals surface area (Å²) >= 11 is 0. The summed E-state index contributed by atoms with van der Waals surface area (Å²) in [6, 6.07) is 0.103. The number of amides is 1. The monoisotopic (exact) mass is 291 g/mol. The SMILES string of the molecule is CCCCCC(C)NC(=O)c1cc(F)c(F)c(F)c1F. The fraction of sp³-hybridized carbons (Fsp3) is 0.500. The molecule has 0 fully saturated rings. The van der Waals surface area contributed by atoms with Crippen LogP contribution in [-0.2, 0) is 0 Å². The summed E-state index contributed by atoms with van der Waals surface area (Å²) in [5.74, 6) is -8.12. The maximum atomic E-state index is 13.4. The molecule has 112 valence electrons. The molecule has 1 rings (SSSR count). The van der Waals surface area contributed by atoms with Crippen LogP contribution in [0.3, 0.4) is 0 Å². The summed E-state index contributed by atoms with van der Waals surface area (Å²) in [7, 11) is 0. The lowest BCUT2D eigenvalue weighted by Crippen LogP contribution is -2.33. The number of nitrogens with one attached hydrogen (secondary N) is 1. The van der Waals surface area contributed by atoms with Gasteiger partial charge in [-0.1, -0.05) is 26.2 Å². The van der Waals surface area contributed by atoms with Crippen LogP contribution in [0, 0.1) is 23.3 Å². The number of carbonyl (C=O) groups excluding carboxylic acids is 1. The summed E-state index contributed by atoms with van der Waals surface area (Å²) in [6.45, 7) is 3.74. The van der Waals surface area contributed by atoms with Gasteiger partial charge in [-0.25, -0.2) is 17.6 Å². The van der Waals surface area contributed by atoms with E-state index in [4.69, 9.17) is 0 Å². The van der Waals surface area contributed by atoms with Crippen LogP contribution in [0.4, 0.5) is 17.6 Å². The molecule has 0 aliphatic heterocycles. The molecule has 0 saturated heterocycles. The zero-order valence-electron chi connectivity index (χ0n) is 11.4. The molecular formula is C14H17F4NO. The van der Waals surface area contributed by atoms with Gasteiger partial charge in [0.1, 0.15) is 0 Å². The lowest BCUT2D eigenvalue weighted by atomic mass is 10.1. The molecule has 1 N–H and O–H groups in total. The van der Waals surface area contributed by atoms with E-state index in [1.165, 1.54) is 0 Å². The van der Waals surface area contributed by atoms with Crippen molar-refractivity contribution in [3.05, 3.63) is 34.9 Å². The fourth-order valence-electron chi connectivity index (χ4n) is 1.81. The second-order valence-electron chi connectivity index (χ2n) is 4.72. The molecule has 0 radical (unpaired) electrons. The molecule has 6 heteroatoms. The van der Waals surface area contributed by atoms with Gasteiger partial charge < -0.3 is 5.32 Å². The Morgan fingerprint density at radius 1 is 1.15 bits per heavy atom. The fourth-order valence-corrected chi connectivity index (χ4v) is 1.81. The van der Waals surface area contributed by atoms with E-state index in [1.54, 1.807) is 6.92 Å². The smallest absolute Gasteiger partial charge is 0.254 e. The predicted octanol–water partition coefficient (Wildman–Crippen LogP) is 3.94. The number of hydrogen-bond acceptors (Lipinski definition) is 1. The van der Waals surface area contributed by atoms with Crippen molar-refractivity contribution in [3.63, 3.8) is 0 Å². The molecule has 1 aromatic carbocycles. The van der Waals surface area contributed by atoms with E-state index in [9.17, 15) is 22.4 Å². The number of carbonyl (C=O) groups is 1. The minimum Gasteiger partial charge on any atom is -0.349 e. The van der Waals surface area contributed by atoms with Gasteiger partial charge in [0, 0.05) is 6.04 Å². The maximum absolute atomic E-state index is 13.4. The van der Waals surface area contributed by atoms with Gasteiger partial charge in [-0.05, 0) is 19.4 Å². The molecule has 2 nitrogen and oxygen atoms in total. The van der Waals surface area contributed by atoms with Crippen LogP contribution in [0.25, 0.3) is 0 Å². The van der Waals surface area contributed by atoms with E-state index in [1.807, 2.05) is 6.92 Å². The first kappa shape index (κ1) is 16.5. The van der Waals surface area contributed by atoms with Gasteiger partial charge in [-0.2, -0.15) is 0 Å². The van der Waals surface area contributed by atoms with Crippen molar-refractivity contribution in [3.8, 4) is 0 Å². The van der Waals surface area contributed by atoms with Gasteiger partial charge in [-0.15, -0.1) is 0 Å². The summed E-state index contributed by atoms with van der Waals surface area (Å²) in [5.41, 5.74) is -0.830. The Balaban J connectivity index is 2.78. The Labute approximate surface area is 115 Å². The molecule has 0 saturated carbocycles. The highest BCUT2D eigenvalue weighted by Gasteiger charge is 2.23. The molecule has 0 spiro atoms. The van der Waals surface area contributed by atoms with Gasteiger partial charge in [0.05, 0.1) is 5.56 Å². The molecule has 0 aromatic heterocycles. The zero-order valence-corrected chi connectivity index (χ0v) is 11.4. The second kappa shape index (κ2) is 7.26. The molecule has 0 heterocycles. The number of benzene rings is 1. The highest BCUT2D eigenvalue weighted by Crippen LogP contribution is 2.19. The average Bonchev–Trinajstić information content (AvgIpc) is 2.40. The van der Waals surface area contributed by atoms with E-state index in [-0.39, 0.29) is 6.04 Å². The average molecular weight is 291 g/mol. The van der Waals surface area contributed by atoms with Gasteiger partial charge in [0.2, 0.25) is 0 Å². The van der Waals surface area contributed by atoms with E-state index >= 15 is 0 Å². The van der Waals surface area contributed by atoms with Crippen LogP contribution in [-0.4, -0.2) is 11.9 Å². The Morgan fingerprint density at radius 2 is 1.80 bits per heavy atom. The molecule has 0 bridgehead atoms. The van der Waals surface area contributed by atoms with Crippen molar-refractivity contribution in [2.75, 3.05) is 0 Å². The maximum Gasteiger partial charge on any atom is 0.254 e. The van der Waals surface area contributed by atoms with E-state index in [0.29, 0.717) is 12.5 Å². The summed E-state index contributed by atoms with van der Waals surface area (Å²) in [4.78, 5) is 11.7. The second-order valence-corrected chi connectivity index (χ2v) is 4.72. The van der Waals surface area contributed by atoms with Crippen LogP contribution in [0.2, 0.25) is 0 Å². The van der Waals surface area contributed by atoms with E-state index < -0.39 is 34.7 Å². The largest absolute Gasteiger partial charge is 0.349 e. The highest BCUT2D eigenvalue weighted by atomic mass is 19.2. The Morgan fingerprint density at radius 3 is 2.40 bits per heavy atom. The third kappa shape index (κ3) is 3.95. The van der Waals surface area contributed by atoms with Crippen LogP contribution < -0.4 is 5.32 Å². The zero-order chi connectivity index (χ0) is 15.3. The van der Waals surface area contributed by atoms with Crippen LogP contribution in [0.1, 0.15) is 49.9 Å². The van der Waals surface area contributed by atoms with Crippen molar-refractivity contribution in [1.82, 2.24) is 5.32 Å². The van der Waals surface area contributed by atoms with Crippen molar-refractivity contribution in [2.45, 2.75) is 45.6 Å². The first-order valence-electron chi connectivity index (χ1n) is 6.52. The van der Waals surface area contributed by atoms with Crippen molar-refractivity contribution in [1.29, 1.82) is 0 Å². The molecule has 1 aromatic rings. The van der Waals surface area contributed by atoms with E-state index in [0.717, 1.165) is 19.3 Å². The molecule has 20 heavy (non-hydrogen) atoms. The van der Waals surface area contributed by atoms with Crippen molar-refractivity contribution < 1.29 is 22.4 Å². The molecular weight excluding hydrogens is 274 g/mol. The molecule has 1 atom stereocenters. The number of unbranched alkanes of at least 4 members (excludes halogenated alkanes) is 2. The molecule has 1 unspecified atom stereocenters. The lowest BCUT2D eigenvalue weighted by Gasteiger charge is -2.14. The molecule has 1 amide bonds. The van der Waals surface area contributed by atoms with Crippen molar-refractivity contribution in [2.24, 2.45) is 0 Å². The van der Waals surface area contributed by atoms with Crippen LogP contribution >= 0.6 is 0 Å². The van der Waals surface area contributed by atoms with Crippen molar-refractivity contribution >= 4 is 5.91 Å². The topological polar surface area (TPSA) is 29.1 Å². The molecule has 0 aliphatic rings.